The van der Waals surface area contributed by atoms with E-state index in [9.17, 15) is 111 Å². The van der Waals surface area contributed by atoms with Crippen LogP contribution < -0.4 is 119 Å². The lowest BCUT2D eigenvalue weighted by Gasteiger charge is -2.28. The smallest absolute Gasteiger partial charge is 0.326 e. The highest BCUT2D eigenvalue weighted by Gasteiger charge is 2.38. The first-order valence-electron chi connectivity index (χ1n) is 40.8. The Morgan fingerprint density at radius 2 is 0.566 bits per heavy atom. The van der Waals surface area contributed by atoms with Crippen LogP contribution in [0.3, 0.4) is 0 Å². The van der Waals surface area contributed by atoms with Gasteiger partial charge in [-0.2, -0.15) is 0 Å². The van der Waals surface area contributed by atoms with Gasteiger partial charge in [-0.25, -0.2) is 4.79 Å². The maximum absolute atomic E-state index is 14.4. The van der Waals surface area contributed by atoms with Crippen molar-refractivity contribution in [2.45, 2.75) is 303 Å². The van der Waals surface area contributed by atoms with E-state index in [1.54, 1.807) is 41.5 Å². The first-order chi connectivity index (χ1) is 56.8. The van der Waals surface area contributed by atoms with Crippen LogP contribution in [0.2, 0.25) is 0 Å². The van der Waals surface area contributed by atoms with Crippen LogP contribution >= 0.6 is 0 Å². The molecule has 0 rings (SSSR count). The van der Waals surface area contributed by atoms with Gasteiger partial charge < -0.3 is 135 Å². The second kappa shape index (κ2) is 57.7. The summed E-state index contributed by atoms with van der Waals surface area (Å²) in [4.78, 5) is 270. The molecule has 0 aromatic carbocycles. The number of aliphatic imine (C=N–C) groups is 1. The molecule has 122 heavy (non-hydrogen) atoms. The normalized spacial score (nSPS) is 15.1. The SMILES string of the molecule is CC(C)C[C@H](NC(=O)[C@H](C)NC(=O)[C@H](CC(C)C)NC(=O)[C@@H](N)CCCCN)C(=O)N[C@@H](CCC(=O)O)C(=O)N[C@@H](C)C(=O)N[C@@H](C)C(=O)N[C@@H](CCCN=C(N)N)C(=O)N[C@@H](CC(C)C)C(=O)N[C@@H](CC(C)C)C(=O)N[C@@H](C)C(=O)N[C@@H](CC(N)=O)C(=O)N[C@@H](C)C(=O)N[C@@H](CCC(=O)O)C(=O)NCC(=O)N[C@@H](C)C(=O)N[C@@H](CCCCN)C(=O)O. The molecule has 0 aliphatic heterocycles. The van der Waals surface area contributed by atoms with Crippen molar-refractivity contribution in [2.75, 3.05) is 26.2 Å². The molecule has 0 aliphatic carbocycles. The molecule has 0 bridgehead atoms. The minimum atomic E-state index is -1.83. The van der Waals surface area contributed by atoms with Gasteiger partial charge in [-0.05, 0) is 162 Å². The zero-order chi connectivity index (χ0) is 93.5. The van der Waals surface area contributed by atoms with Crippen LogP contribution in [0.1, 0.15) is 206 Å². The Morgan fingerprint density at radius 3 is 0.926 bits per heavy atom. The molecule has 0 radical (unpaired) electrons. The first kappa shape index (κ1) is 111. The second-order valence-corrected chi connectivity index (χ2v) is 31.7. The molecule has 692 valence electrons. The third-order valence-electron chi connectivity index (χ3n) is 18.4. The van der Waals surface area contributed by atoms with E-state index in [4.69, 9.17) is 34.4 Å². The number of guanidine groups is 1. The Kier molecular flexibility index (Phi) is 52.3. The molecule has 17 amide bonds. The summed E-state index contributed by atoms with van der Waals surface area (Å²) in [6.07, 6.45) is -0.993. The molecule has 31 N–H and O–H groups in total. The molecular weight excluding hydrogens is 1600 g/mol. The van der Waals surface area contributed by atoms with Crippen LogP contribution in [0.15, 0.2) is 4.99 Å². The van der Waals surface area contributed by atoms with Gasteiger partial charge in [-0.3, -0.25) is 96.1 Å². The zero-order valence-electron chi connectivity index (χ0n) is 72.3. The number of nitrogens with zero attached hydrogens (tertiary/aromatic N) is 1. The molecule has 0 saturated heterocycles. The summed E-state index contributed by atoms with van der Waals surface area (Å²) in [5.74, 6) is -21.8. The van der Waals surface area contributed by atoms with E-state index in [0.717, 1.165) is 6.92 Å². The summed E-state index contributed by atoms with van der Waals surface area (Å²) >= 11 is 0. The largest absolute Gasteiger partial charge is 0.481 e. The number of carbonyl (C=O) groups is 20. The van der Waals surface area contributed by atoms with Crippen molar-refractivity contribution in [3.63, 3.8) is 0 Å². The minimum absolute atomic E-state index is 0.0203. The minimum Gasteiger partial charge on any atom is -0.481 e. The Bertz CT molecular complexity index is 3580. The van der Waals surface area contributed by atoms with Crippen molar-refractivity contribution in [3.8, 4) is 0 Å². The maximum atomic E-state index is 14.4. The third-order valence-corrected chi connectivity index (χ3v) is 18.4. The van der Waals surface area contributed by atoms with Crippen LogP contribution in [-0.4, -0.2) is 262 Å². The van der Waals surface area contributed by atoms with Gasteiger partial charge in [0.25, 0.3) is 0 Å². The lowest BCUT2D eigenvalue weighted by atomic mass is 9.99. The molecule has 46 heteroatoms. The lowest BCUT2D eigenvalue weighted by molar-refractivity contribution is -0.142. The second-order valence-electron chi connectivity index (χ2n) is 31.7. The summed E-state index contributed by atoms with van der Waals surface area (Å²) in [6.45, 7) is 21.0. The van der Waals surface area contributed by atoms with E-state index >= 15 is 0 Å². The van der Waals surface area contributed by atoms with Gasteiger partial charge in [0.15, 0.2) is 5.96 Å². The van der Waals surface area contributed by atoms with Crippen molar-refractivity contribution in [1.29, 1.82) is 0 Å². The van der Waals surface area contributed by atoms with E-state index in [1.807, 2.05) is 13.8 Å². The average Bonchev–Trinajstić information content (AvgIpc) is 0.859. The zero-order valence-corrected chi connectivity index (χ0v) is 72.3. The van der Waals surface area contributed by atoms with Crippen molar-refractivity contribution in [2.24, 2.45) is 63.1 Å². The average molecular weight is 1740 g/mol. The van der Waals surface area contributed by atoms with E-state index in [2.05, 4.69) is 90.1 Å². The molecule has 0 aromatic heterocycles. The van der Waals surface area contributed by atoms with Crippen molar-refractivity contribution >= 4 is 124 Å². The predicted molar refractivity (Wildman–Crippen MR) is 443 cm³/mol. The van der Waals surface area contributed by atoms with Crippen LogP contribution in [0.25, 0.3) is 0 Å². The number of nitrogens with two attached hydrogens (primary N) is 6. The molecule has 0 aliphatic rings. The number of rotatable bonds is 61. The van der Waals surface area contributed by atoms with E-state index in [-0.39, 0.29) is 81.1 Å². The molecule has 16 atom stereocenters. The number of hydrogen-bond acceptors (Lipinski definition) is 24. The molecule has 0 unspecified atom stereocenters. The van der Waals surface area contributed by atoms with Crippen LogP contribution in [0.4, 0.5) is 0 Å². The monoisotopic (exact) mass is 1740 g/mol. The molecule has 0 heterocycles. The third kappa shape index (κ3) is 46.4. The van der Waals surface area contributed by atoms with Crippen LogP contribution in [0.5, 0.6) is 0 Å². The number of amides is 17. The van der Waals surface area contributed by atoms with E-state index < -0.39 is 254 Å². The highest BCUT2D eigenvalue weighted by atomic mass is 16.4. The number of unbranched alkanes of at least 4 members (excludes halogenated alkanes) is 2. The quantitative estimate of drug-likeness (QED) is 0.0153. The fraction of sp³-hybridized carbons (Fsp3) is 0.724. The van der Waals surface area contributed by atoms with Gasteiger partial charge in [0.2, 0.25) is 100 Å². The van der Waals surface area contributed by atoms with Crippen LogP contribution in [0, 0.1) is 23.7 Å². The molecule has 0 fully saturated rings. The summed E-state index contributed by atoms with van der Waals surface area (Å²) in [7, 11) is 0. The number of aliphatic carboxylic acids is 3. The van der Waals surface area contributed by atoms with Crippen molar-refractivity contribution < 1.29 is 111 Å². The van der Waals surface area contributed by atoms with Gasteiger partial charge >= 0.3 is 17.9 Å². The number of carboxylic acid groups (broad SMARTS) is 3. The van der Waals surface area contributed by atoms with E-state index in [0.29, 0.717) is 45.2 Å². The Hall–Kier alpha value is -11.4. The van der Waals surface area contributed by atoms with Gasteiger partial charge in [-0.15, -0.1) is 0 Å². The Labute approximate surface area is 709 Å². The molecular formula is C76H135N23O23. The molecule has 0 aromatic rings. The standard InChI is InChI=1S/C76H135N23O23/c1-36(2)30-51(97-66(112)46(79)20-15-17-27-77)70(116)88-44(13)64(110)95-53(32-38(5)6)73(119)93-49(24-26-59(104)105)68(114)87-41(10)60(106)86-42(11)62(108)91-47(22-19-29-83-76(81)82)69(115)98-54(33-39(7)8)74(120)99-52(31-37(3)4)71(117)89-45(14)65(111)96-55(34-56(80)100)72(118)90-43(12)63(109)92-48(23-25-58(102)103)67(113)84-35-57(101)85-40(9)61(107)94-50(75(121)122)21-16-18-28-78/h36-55H,15-35,77-79H2,1-14H3,(H2,80,100)(H,84,113)(H,85,101)(H,86,106)(H,87,114)(H,88,116)(H,89,117)(H,90,118)(H,91,108)(H,92,109)(H,93,119)(H,94,107)(H,95,110)(H,96,111)(H,97,112)(H,98,115)(H,99,120)(H,102,103)(H,104,105)(H,121,122)(H4,81,82,83)/t40-,41-,42-,43-,44-,45-,46-,47-,48-,49-,50-,51-,52-,53-,54-,55-/m0/s1. The highest BCUT2D eigenvalue weighted by molar-refractivity contribution is 6.01. The lowest BCUT2D eigenvalue weighted by Crippen LogP contribution is -2.60. The summed E-state index contributed by atoms with van der Waals surface area (Å²) < 4.78 is 0. The summed E-state index contributed by atoms with van der Waals surface area (Å²) in [5.41, 5.74) is 33.6. The van der Waals surface area contributed by atoms with Gasteiger partial charge in [0, 0.05) is 19.4 Å². The molecule has 46 nitrogen and oxygen atoms in total. The Morgan fingerprint density at radius 1 is 0.295 bits per heavy atom. The fourth-order valence-corrected chi connectivity index (χ4v) is 11.6. The fourth-order valence-electron chi connectivity index (χ4n) is 11.6. The van der Waals surface area contributed by atoms with Gasteiger partial charge in [-0.1, -0.05) is 61.8 Å². The predicted octanol–water partition coefficient (Wildman–Crippen LogP) is -6.99. The Balaban J connectivity index is 6.55. The summed E-state index contributed by atoms with van der Waals surface area (Å²) in [5, 5.41) is 67.3. The van der Waals surface area contributed by atoms with Crippen molar-refractivity contribution in [1.82, 2.24) is 85.1 Å². The number of nitrogens with one attached hydrogen (secondary N) is 16. The number of hydrogen-bond donors (Lipinski definition) is 25. The topological polar surface area (TPSA) is 763 Å². The number of carboxylic acids is 3. The van der Waals surface area contributed by atoms with E-state index in [1.165, 1.54) is 34.6 Å². The number of carbonyl (C=O) groups excluding carboxylic acids is 17. The molecule has 0 saturated carbocycles. The maximum Gasteiger partial charge on any atom is 0.326 e. The number of primary amides is 1. The van der Waals surface area contributed by atoms with Crippen molar-refractivity contribution in [3.05, 3.63) is 0 Å². The molecule has 0 spiro atoms. The summed E-state index contributed by atoms with van der Waals surface area (Å²) in [6, 6.07) is -22.9. The first-order valence-corrected chi connectivity index (χ1v) is 40.8. The highest BCUT2D eigenvalue weighted by Crippen LogP contribution is 2.15. The van der Waals surface area contributed by atoms with Crippen LogP contribution in [-0.2, 0) is 95.9 Å². The van der Waals surface area contributed by atoms with Gasteiger partial charge in [0.1, 0.15) is 90.6 Å². The van der Waals surface area contributed by atoms with Gasteiger partial charge in [0.05, 0.1) is 19.0 Å².